The average molecular weight is 265 g/mol. The number of hydrogen-bond donors (Lipinski definition) is 1. The molecule has 0 bridgehead atoms. The molecule has 0 heterocycles. The normalized spacial score (nSPS) is 17.6. The molecule has 0 atom stereocenters. The van der Waals surface area contributed by atoms with Crippen LogP contribution in [0.3, 0.4) is 0 Å². The van der Waals surface area contributed by atoms with Crippen LogP contribution in [0.1, 0.15) is 43.2 Å². The van der Waals surface area contributed by atoms with Gasteiger partial charge in [0.1, 0.15) is 0 Å². The van der Waals surface area contributed by atoms with E-state index < -0.39 is 0 Å². The van der Waals surface area contributed by atoms with Crippen molar-refractivity contribution in [2.24, 2.45) is 0 Å². The third-order valence-electron chi connectivity index (χ3n) is 4.76. The van der Waals surface area contributed by atoms with E-state index in [-0.39, 0.29) is 5.41 Å². The first kappa shape index (κ1) is 13.2. The summed E-state index contributed by atoms with van der Waals surface area (Å²) in [6, 6.07) is 20.1. The highest BCUT2D eigenvalue weighted by Gasteiger charge is 2.35. The molecule has 1 fully saturated rings. The first-order valence-corrected chi connectivity index (χ1v) is 7.69. The summed E-state index contributed by atoms with van der Waals surface area (Å²) in [5.74, 6) is 0. The van der Waals surface area contributed by atoms with Gasteiger partial charge in [-0.25, -0.2) is 0 Å². The number of nitrogens with one attached hydrogen (secondary N) is 1. The third kappa shape index (κ3) is 2.33. The minimum Gasteiger partial charge on any atom is -0.388 e. The zero-order chi connectivity index (χ0) is 13.8. The van der Waals surface area contributed by atoms with Crippen molar-refractivity contribution in [3.8, 4) is 0 Å². The molecule has 1 aliphatic rings. The van der Waals surface area contributed by atoms with Crippen molar-refractivity contribution in [3.05, 3.63) is 65.7 Å². The topological polar surface area (TPSA) is 12.0 Å². The van der Waals surface area contributed by atoms with Gasteiger partial charge in [0.25, 0.3) is 0 Å². The maximum atomic E-state index is 3.21. The van der Waals surface area contributed by atoms with Gasteiger partial charge in [-0.05, 0) is 36.1 Å². The fourth-order valence-corrected chi connectivity index (χ4v) is 3.61. The monoisotopic (exact) mass is 265 g/mol. The first-order valence-electron chi connectivity index (χ1n) is 7.69. The number of anilines is 1. The molecular weight excluding hydrogens is 242 g/mol. The van der Waals surface area contributed by atoms with Crippen LogP contribution >= 0.6 is 0 Å². The van der Waals surface area contributed by atoms with E-state index in [1.54, 1.807) is 0 Å². The molecule has 0 unspecified atom stereocenters. The Bertz CT molecular complexity index is 536. The summed E-state index contributed by atoms with van der Waals surface area (Å²) in [5, 5.41) is 3.21. The van der Waals surface area contributed by atoms with E-state index in [1.165, 1.54) is 48.9 Å². The molecule has 1 saturated carbocycles. The van der Waals surface area contributed by atoms with Crippen LogP contribution in [0, 0.1) is 0 Å². The molecule has 0 saturated heterocycles. The van der Waals surface area contributed by atoms with Crippen LogP contribution in [0.4, 0.5) is 5.69 Å². The molecular formula is C19H23N. The van der Waals surface area contributed by atoms with Crippen molar-refractivity contribution in [2.75, 3.05) is 12.4 Å². The van der Waals surface area contributed by atoms with Crippen molar-refractivity contribution in [1.29, 1.82) is 0 Å². The highest BCUT2D eigenvalue weighted by molar-refractivity contribution is 5.48. The van der Waals surface area contributed by atoms with Crippen LogP contribution in [0.5, 0.6) is 0 Å². The lowest BCUT2D eigenvalue weighted by Crippen LogP contribution is -2.30. The van der Waals surface area contributed by atoms with Gasteiger partial charge in [-0.1, -0.05) is 61.7 Å². The van der Waals surface area contributed by atoms with Crippen molar-refractivity contribution in [1.82, 2.24) is 0 Å². The van der Waals surface area contributed by atoms with Crippen LogP contribution in [0.2, 0.25) is 0 Å². The van der Waals surface area contributed by atoms with Gasteiger partial charge in [0.2, 0.25) is 0 Å². The fourth-order valence-electron chi connectivity index (χ4n) is 3.61. The summed E-state index contributed by atoms with van der Waals surface area (Å²) in [7, 11) is 1.97. The van der Waals surface area contributed by atoms with Crippen LogP contribution < -0.4 is 5.32 Å². The number of rotatable bonds is 3. The minimum atomic E-state index is 0.228. The van der Waals surface area contributed by atoms with Gasteiger partial charge in [-0.2, -0.15) is 0 Å². The lowest BCUT2D eigenvalue weighted by atomic mass is 9.65. The van der Waals surface area contributed by atoms with Gasteiger partial charge >= 0.3 is 0 Å². The van der Waals surface area contributed by atoms with Crippen molar-refractivity contribution >= 4 is 5.69 Å². The van der Waals surface area contributed by atoms with E-state index >= 15 is 0 Å². The summed E-state index contributed by atoms with van der Waals surface area (Å²) in [6.07, 6.45) is 6.60. The van der Waals surface area contributed by atoms with Gasteiger partial charge < -0.3 is 5.32 Å². The van der Waals surface area contributed by atoms with Gasteiger partial charge in [0.05, 0.1) is 0 Å². The Kier molecular flexibility index (Phi) is 3.77. The number of hydrogen-bond acceptors (Lipinski definition) is 1. The molecule has 0 amide bonds. The van der Waals surface area contributed by atoms with Crippen LogP contribution in [0.25, 0.3) is 0 Å². The molecule has 3 rings (SSSR count). The largest absolute Gasteiger partial charge is 0.388 e. The maximum absolute atomic E-state index is 3.21. The van der Waals surface area contributed by atoms with Crippen LogP contribution in [0.15, 0.2) is 54.6 Å². The summed E-state index contributed by atoms with van der Waals surface area (Å²) >= 11 is 0. The predicted molar refractivity (Wildman–Crippen MR) is 86.3 cm³/mol. The van der Waals surface area contributed by atoms with Gasteiger partial charge in [0, 0.05) is 18.2 Å². The minimum absolute atomic E-state index is 0.228. The molecule has 1 aliphatic carbocycles. The predicted octanol–water partition coefficient (Wildman–Crippen LogP) is 4.98. The maximum Gasteiger partial charge on any atom is 0.0337 e. The average Bonchev–Trinajstić information content (AvgIpc) is 2.56. The Morgan fingerprint density at radius 3 is 1.95 bits per heavy atom. The molecule has 0 radical (unpaired) electrons. The molecule has 104 valence electrons. The zero-order valence-corrected chi connectivity index (χ0v) is 12.2. The lowest BCUT2D eigenvalue weighted by Gasteiger charge is -2.38. The van der Waals surface area contributed by atoms with E-state index in [1.807, 2.05) is 7.05 Å². The Morgan fingerprint density at radius 1 is 0.750 bits per heavy atom. The Hall–Kier alpha value is -1.76. The smallest absolute Gasteiger partial charge is 0.0337 e. The highest BCUT2D eigenvalue weighted by atomic mass is 14.8. The van der Waals surface area contributed by atoms with E-state index in [9.17, 15) is 0 Å². The van der Waals surface area contributed by atoms with E-state index in [0.29, 0.717) is 0 Å². The zero-order valence-electron chi connectivity index (χ0n) is 12.2. The van der Waals surface area contributed by atoms with Crippen molar-refractivity contribution < 1.29 is 0 Å². The van der Waals surface area contributed by atoms with E-state index in [0.717, 1.165) is 0 Å². The molecule has 2 aromatic carbocycles. The Balaban J connectivity index is 2.05. The first-order chi connectivity index (χ1) is 9.85. The standard InChI is InChI=1S/C19H23N/c1-20-18-12-10-17(11-13-18)19(14-6-3-7-15-19)16-8-4-2-5-9-16/h2,4-5,8-13,20H,3,6-7,14-15H2,1H3. The van der Waals surface area contributed by atoms with Crippen molar-refractivity contribution in [3.63, 3.8) is 0 Å². The quantitative estimate of drug-likeness (QED) is 0.825. The summed E-state index contributed by atoms with van der Waals surface area (Å²) in [5.41, 5.74) is 4.37. The summed E-state index contributed by atoms with van der Waals surface area (Å²) < 4.78 is 0. The van der Waals surface area contributed by atoms with E-state index in [4.69, 9.17) is 0 Å². The second-order valence-corrected chi connectivity index (χ2v) is 5.84. The van der Waals surface area contributed by atoms with Crippen LogP contribution in [-0.4, -0.2) is 7.05 Å². The lowest BCUT2D eigenvalue weighted by molar-refractivity contribution is 0.346. The van der Waals surface area contributed by atoms with Gasteiger partial charge in [0.15, 0.2) is 0 Å². The SMILES string of the molecule is CNc1ccc(C2(c3ccccc3)CCCCC2)cc1. The Labute approximate surface area is 122 Å². The third-order valence-corrected chi connectivity index (χ3v) is 4.76. The second kappa shape index (κ2) is 5.70. The number of benzene rings is 2. The molecule has 0 spiro atoms. The molecule has 0 aromatic heterocycles. The molecule has 0 aliphatic heterocycles. The van der Waals surface area contributed by atoms with Crippen LogP contribution in [-0.2, 0) is 5.41 Å². The molecule has 20 heavy (non-hydrogen) atoms. The van der Waals surface area contributed by atoms with E-state index in [2.05, 4.69) is 59.9 Å². The van der Waals surface area contributed by atoms with Gasteiger partial charge in [-0.3, -0.25) is 0 Å². The molecule has 1 nitrogen and oxygen atoms in total. The fraction of sp³-hybridized carbons (Fsp3) is 0.368. The summed E-state index contributed by atoms with van der Waals surface area (Å²) in [6.45, 7) is 0. The van der Waals surface area contributed by atoms with Gasteiger partial charge in [-0.15, -0.1) is 0 Å². The molecule has 1 N–H and O–H groups in total. The Morgan fingerprint density at radius 2 is 1.35 bits per heavy atom. The molecule has 2 aromatic rings. The molecule has 1 heteroatoms. The highest BCUT2D eigenvalue weighted by Crippen LogP contribution is 2.44. The second-order valence-electron chi connectivity index (χ2n) is 5.84. The summed E-state index contributed by atoms with van der Waals surface area (Å²) in [4.78, 5) is 0. The van der Waals surface area contributed by atoms with Crippen molar-refractivity contribution in [2.45, 2.75) is 37.5 Å².